The number of anilines is 1. The summed E-state index contributed by atoms with van der Waals surface area (Å²) in [5.41, 5.74) is 0. The molecule has 0 amide bonds. The molecule has 1 rings (SSSR count). The molecule has 1 aromatic rings. The summed E-state index contributed by atoms with van der Waals surface area (Å²) in [5.74, 6) is 2.52. The molecule has 3 nitrogen and oxygen atoms in total. The van der Waals surface area contributed by atoms with Gasteiger partial charge in [-0.1, -0.05) is 27.7 Å². The Kier molecular flexibility index (Phi) is 5.75. The summed E-state index contributed by atoms with van der Waals surface area (Å²) in [7, 11) is 0. The molecular weight excluding hydrogens is 230 g/mol. The molecule has 0 radical (unpaired) electrons. The molecule has 96 valence electrons. The number of hydrogen-bond acceptors (Lipinski definition) is 4. The van der Waals surface area contributed by atoms with Crippen molar-refractivity contribution in [3.8, 4) is 0 Å². The number of aryl methyl sites for hydroxylation is 1. The summed E-state index contributed by atoms with van der Waals surface area (Å²) in [6, 6.07) is 2.05. The molecule has 0 saturated heterocycles. The van der Waals surface area contributed by atoms with E-state index < -0.39 is 0 Å². The van der Waals surface area contributed by atoms with Crippen LogP contribution in [0.5, 0.6) is 0 Å². The van der Waals surface area contributed by atoms with E-state index in [0.29, 0.717) is 11.2 Å². The largest absolute Gasteiger partial charge is 0.370 e. The predicted molar refractivity (Wildman–Crippen MR) is 75.7 cm³/mol. The molecule has 1 atom stereocenters. The van der Waals surface area contributed by atoms with Gasteiger partial charge >= 0.3 is 0 Å². The monoisotopic (exact) mass is 253 g/mol. The highest BCUT2D eigenvalue weighted by Crippen LogP contribution is 2.27. The first kappa shape index (κ1) is 14.3. The first-order valence-corrected chi connectivity index (χ1v) is 7.23. The van der Waals surface area contributed by atoms with Crippen molar-refractivity contribution in [2.45, 2.75) is 51.3 Å². The third-order valence-corrected chi connectivity index (χ3v) is 4.04. The molecule has 1 heterocycles. The molecule has 0 aromatic carbocycles. The minimum Gasteiger partial charge on any atom is -0.370 e. The van der Waals surface area contributed by atoms with E-state index in [-0.39, 0.29) is 0 Å². The first-order chi connectivity index (χ1) is 8.06. The topological polar surface area (TPSA) is 37.8 Å². The minimum atomic E-state index is 0.573. The van der Waals surface area contributed by atoms with Crippen LogP contribution in [0, 0.1) is 5.92 Å². The lowest BCUT2D eigenvalue weighted by atomic mass is 10.2. The molecule has 0 fully saturated rings. The SMILES string of the molecule is CCNc1cc(SC(C)C(C)C)nc(CC)n1. The standard InChI is InChI=1S/C13H23N3S/c1-6-11-15-12(14-7-2)8-13(16-11)17-10(5)9(3)4/h8-10H,6-7H2,1-5H3,(H,14,15,16). The Morgan fingerprint density at radius 1 is 1.24 bits per heavy atom. The van der Waals surface area contributed by atoms with E-state index in [1.807, 2.05) is 17.8 Å². The van der Waals surface area contributed by atoms with Crippen molar-refractivity contribution in [1.29, 1.82) is 0 Å². The van der Waals surface area contributed by atoms with Crippen molar-refractivity contribution < 1.29 is 0 Å². The van der Waals surface area contributed by atoms with Crippen molar-refractivity contribution in [1.82, 2.24) is 9.97 Å². The fourth-order valence-corrected chi connectivity index (χ4v) is 2.28. The molecule has 17 heavy (non-hydrogen) atoms. The second kappa shape index (κ2) is 6.84. The molecule has 0 spiro atoms. The van der Waals surface area contributed by atoms with Crippen LogP contribution in [0.1, 0.15) is 40.4 Å². The van der Waals surface area contributed by atoms with Crippen LogP contribution in [0.25, 0.3) is 0 Å². The summed E-state index contributed by atoms with van der Waals surface area (Å²) in [6.45, 7) is 11.8. The highest BCUT2D eigenvalue weighted by molar-refractivity contribution is 7.99. The number of rotatable bonds is 6. The van der Waals surface area contributed by atoms with Crippen molar-refractivity contribution >= 4 is 17.6 Å². The average molecular weight is 253 g/mol. The van der Waals surface area contributed by atoms with Crippen LogP contribution in [0.15, 0.2) is 11.1 Å². The van der Waals surface area contributed by atoms with Crippen LogP contribution in [0.2, 0.25) is 0 Å². The minimum absolute atomic E-state index is 0.573. The van der Waals surface area contributed by atoms with Gasteiger partial charge in [-0.2, -0.15) is 0 Å². The number of thioether (sulfide) groups is 1. The quantitative estimate of drug-likeness (QED) is 0.621. The molecule has 1 N–H and O–H groups in total. The molecule has 0 aliphatic rings. The van der Waals surface area contributed by atoms with Crippen LogP contribution < -0.4 is 5.32 Å². The third kappa shape index (κ3) is 4.54. The number of nitrogens with zero attached hydrogens (tertiary/aromatic N) is 2. The molecular formula is C13H23N3S. The fourth-order valence-electron chi connectivity index (χ4n) is 1.29. The van der Waals surface area contributed by atoms with Gasteiger partial charge in [-0.15, -0.1) is 11.8 Å². The maximum atomic E-state index is 4.57. The van der Waals surface area contributed by atoms with Crippen molar-refractivity contribution in [2.24, 2.45) is 5.92 Å². The molecule has 1 unspecified atom stereocenters. The summed E-state index contributed by atoms with van der Waals surface area (Å²) < 4.78 is 0. The summed E-state index contributed by atoms with van der Waals surface area (Å²) in [5, 5.41) is 4.91. The van der Waals surface area contributed by atoms with Crippen LogP contribution >= 0.6 is 11.8 Å². The van der Waals surface area contributed by atoms with Gasteiger partial charge in [-0.3, -0.25) is 0 Å². The lowest BCUT2D eigenvalue weighted by molar-refractivity contribution is 0.641. The van der Waals surface area contributed by atoms with Crippen molar-refractivity contribution in [2.75, 3.05) is 11.9 Å². The van der Waals surface area contributed by atoms with Gasteiger partial charge in [-0.25, -0.2) is 9.97 Å². The van der Waals surface area contributed by atoms with Gasteiger partial charge in [0.2, 0.25) is 0 Å². The van der Waals surface area contributed by atoms with Crippen LogP contribution in [0.4, 0.5) is 5.82 Å². The van der Waals surface area contributed by atoms with Gasteiger partial charge in [0.25, 0.3) is 0 Å². The van der Waals surface area contributed by atoms with Gasteiger partial charge in [0.05, 0.1) is 0 Å². The zero-order valence-corrected chi connectivity index (χ0v) is 12.3. The Balaban J connectivity index is 2.86. The smallest absolute Gasteiger partial charge is 0.131 e. The maximum Gasteiger partial charge on any atom is 0.131 e. The Labute approximate surface area is 109 Å². The Bertz CT molecular complexity index is 353. The van der Waals surface area contributed by atoms with E-state index in [9.17, 15) is 0 Å². The third-order valence-electron chi connectivity index (χ3n) is 2.67. The maximum absolute atomic E-state index is 4.57. The van der Waals surface area contributed by atoms with Crippen LogP contribution in [-0.4, -0.2) is 21.8 Å². The highest BCUT2D eigenvalue weighted by atomic mass is 32.2. The van der Waals surface area contributed by atoms with Crippen LogP contribution in [0.3, 0.4) is 0 Å². The summed E-state index contributed by atoms with van der Waals surface area (Å²) in [4.78, 5) is 9.03. The zero-order valence-electron chi connectivity index (χ0n) is 11.4. The van der Waals surface area contributed by atoms with Crippen LogP contribution in [-0.2, 0) is 6.42 Å². The predicted octanol–water partition coefficient (Wildman–Crippen LogP) is 3.61. The molecule has 0 aliphatic heterocycles. The zero-order chi connectivity index (χ0) is 12.8. The lowest BCUT2D eigenvalue weighted by Gasteiger charge is -2.15. The number of aromatic nitrogens is 2. The number of nitrogens with one attached hydrogen (secondary N) is 1. The number of hydrogen-bond donors (Lipinski definition) is 1. The molecule has 0 bridgehead atoms. The van der Waals surface area contributed by atoms with E-state index in [1.54, 1.807) is 0 Å². The van der Waals surface area contributed by atoms with E-state index in [0.717, 1.165) is 29.6 Å². The second-order valence-electron chi connectivity index (χ2n) is 4.46. The van der Waals surface area contributed by atoms with Gasteiger partial charge in [-0.05, 0) is 12.8 Å². The summed E-state index contributed by atoms with van der Waals surface area (Å²) in [6.07, 6.45) is 0.878. The summed E-state index contributed by atoms with van der Waals surface area (Å²) >= 11 is 1.83. The van der Waals surface area contributed by atoms with Crippen molar-refractivity contribution in [3.05, 3.63) is 11.9 Å². The fraction of sp³-hybridized carbons (Fsp3) is 0.692. The molecule has 0 aliphatic carbocycles. The van der Waals surface area contributed by atoms with E-state index >= 15 is 0 Å². The average Bonchev–Trinajstić information content (AvgIpc) is 2.28. The van der Waals surface area contributed by atoms with E-state index in [2.05, 4.69) is 49.9 Å². The Hall–Kier alpha value is -0.770. The van der Waals surface area contributed by atoms with E-state index in [1.165, 1.54) is 0 Å². The lowest BCUT2D eigenvalue weighted by Crippen LogP contribution is -2.08. The van der Waals surface area contributed by atoms with Gasteiger partial charge in [0.15, 0.2) is 0 Å². The molecule has 4 heteroatoms. The van der Waals surface area contributed by atoms with Crippen molar-refractivity contribution in [3.63, 3.8) is 0 Å². The van der Waals surface area contributed by atoms with E-state index in [4.69, 9.17) is 0 Å². The first-order valence-electron chi connectivity index (χ1n) is 6.35. The van der Waals surface area contributed by atoms with Gasteiger partial charge in [0.1, 0.15) is 16.7 Å². The molecule has 1 aromatic heterocycles. The molecule has 0 saturated carbocycles. The Morgan fingerprint density at radius 2 is 1.94 bits per heavy atom. The Morgan fingerprint density at radius 3 is 2.47 bits per heavy atom. The van der Waals surface area contributed by atoms with Gasteiger partial charge in [0, 0.05) is 24.3 Å². The highest BCUT2D eigenvalue weighted by Gasteiger charge is 2.11. The van der Waals surface area contributed by atoms with Gasteiger partial charge < -0.3 is 5.32 Å². The normalized spacial score (nSPS) is 12.8. The second-order valence-corrected chi connectivity index (χ2v) is 5.86.